The summed E-state index contributed by atoms with van der Waals surface area (Å²) in [6.45, 7) is 0. The molecule has 0 aliphatic heterocycles. The van der Waals surface area contributed by atoms with Crippen molar-refractivity contribution in [2.45, 2.75) is 16.1 Å². The van der Waals surface area contributed by atoms with Crippen LogP contribution < -0.4 is 0 Å². The molecule has 1 fully saturated rings. The molecular formula is C17H12BrNO4S. The first kappa shape index (κ1) is 16.7. The minimum Gasteiger partial charge on any atom is -0.480 e. The number of nitriles is 1. The van der Waals surface area contributed by atoms with Crippen molar-refractivity contribution in [3.8, 4) is 6.07 Å². The van der Waals surface area contributed by atoms with Crippen LogP contribution in [0.4, 0.5) is 0 Å². The molecule has 1 saturated carbocycles. The van der Waals surface area contributed by atoms with Gasteiger partial charge < -0.3 is 5.11 Å². The van der Waals surface area contributed by atoms with Crippen LogP contribution in [0.25, 0.3) is 0 Å². The van der Waals surface area contributed by atoms with Crippen molar-refractivity contribution < 1.29 is 18.3 Å². The zero-order valence-electron chi connectivity index (χ0n) is 12.3. The lowest BCUT2D eigenvalue weighted by molar-refractivity contribution is -0.141. The Morgan fingerprint density at radius 2 is 1.71 bits per heavy atom. The third kappa shape index (κ3) is 2.34. The van der Waals surface area contributed by atoms with Crippen molar-refractivity contribution in [2.75, 3.05) is 0 Å². The lowest BCUT2D eigenvalue weighted by Gasteiger charge is -2.04. The fraction of sp³-hybridized carbons (Fsp3) is 0.176. The van der Waals surface area contributed by atoms with Crippen molar-refractivity contribution in [3.63, 3.8) is 0 Å². The number of aliphatic carboxylic acids is 1. The number of carbonyl (C=O) groups is 1. The van der Waals surface area contributed by atoms with Gasteiger partial charge in [0, 0.05) is 10.4 Å². The molecule has 0 aromatic heterocycles. The van der Waals surface area contributed by atoms with E-state index < -0.39 is 32.4 Å². The molecule has 3 atom stereocenters. The second-order valence-electron chi connectivity index (χ2n) is 5.59. The summed E-state index contributed by atoms with van der Waals surface area (Å²) in [6, 6.07) is 16.1. The fourth-order valence-electron chi connectivity index (χ4n) is 3.08. The van der Waals surface area contributed by atoms with Crippen molar-refractivity contribution in [3.05, 3.63) is 64.6 Å². The highest BCUT2D eigenvalue weighted by molar-refractivity contribution is 9.10. The Balaban J connectivity index is 2.13. The minimum atomic E-state index is -3.95. The van der Waals surface area contributed by atoms with Gasteiger partial charge in [-0.15, -0.1) is 0 Å². The first-order valence-electron chi connectivity index (χ1n) is 7.04. The smallest absolute Gasteiger partial charge is 0.326 e. The van der Waals surface area contributed by atoms with Crippen molar-refractivity contribution in [1.29, 1.82) is 5.26 Å². The topological polar surface area (TPSA) is 95.2 Å². The molecule has 0 heterocycles. The van der Waals surface area contributed by atoms with Gasteiger partial charge in [-0.2, -0.15) is 5.26 Å². The molecule has 2 aromatic carbocycles. The van der Waals surface area contributed by atoms with Crippen LogP contribution in [-0.2, 0) is 14.6 Å². The normalized spacial score (nSPS) is 25.7. The Labute approximate surface area is 147 Å². The van der Waals surface area contributed by atoms with E-state index in [9.17, 15) is 23.6 Å². The highest BCUT2D eigenvalue weighted by atomic mass is 79.9. The first-order chi connectivity index (χ1) is 11.4. The summed E-state index contributed by atoms with van der Waals surface area (Å²) in [6.07, 6.45) is 0. The van der Waals surface area contributed by atoms with Crippen molar-refractivity contribution in [1.82, 2.24) is 0 Å². The van der Waals surface area contributed by atoms with E-state index in [0.717, 1.165) is 4.47 Å². The summed E-state index contributed by atoms with van der Waals surface area (Å²) in [4.78, 5) is 11.8. The van der Waals surface area contributed by atoms with Crippen LogP contribution in [0.1, 0.15) is 11.5 Å². The van der Waals surface area contributed by atoms with E-state index in [2.05, 4.69) is 15.9 Å². The van der Waals surface area contributed by atoms with E-state index in [1.54, 1.807) is 48.5 Å². The van der Waals surface area contributed by atoms with Crippen LogP contribution in [0.2, 0.25) is 0 Å². The van der Waals surface area contributed by atoms with Gasteiger partial charge >= 0.3 is 5.97 Å². The highest BCUT2D eigenvalue weighted by Crippen LogP contribution is 2.64. The molecule has 7 heteroatoms. The van der Waals surface area contributed by atoms with Crippen LogP contribution in [0.15, 0.2) is 64.0 Å². The lowest BCUT2D eigenvalue weighted by atomic mass is 10.0. The van der Waals surface area contributed by atoms with Crippen LogP contribution >= 0.6 is 15.9 Å². The van der Waals surface area contributed by atoms with Gasteiger partial charge in [-0.3, -0.25) is 4.79 Å². The van der Waals surface area contributed by atoms with E-state index in [1.807, 2.05) is 0 Å². The largest absolute Gasteiger partial charge is 0.480 e. The second-order valence-corrected chi connectivity index (χ2v) is 8.58. The Hall–Kier alpha value is -2.17. The maximum Gasteiger partial charge on any atom is 0.326 e. The number of sulfone groups is 1. The molecule has 0 spiro atoms. The van der Waals surface area contributed by atoms with Gasteiger partial charge in [-0.25, -0.2) is 8.42 Å². The average Bonchev–Trinajstić information content (AvgIpc) is 3.28. The summed E-state index contributed by atoms with van der Waals surface area (Å²) in [5.74, 6) is -2.32. The van der Waals surface area contributed by atoms with E-state index in [0.29, 0.717) is 5.56 Å². The van der Waals surface area contributed by atoms with Gasteiger partial charge in [0.25, 0.3) is 0 Å². The summed E-state index contributed by atoms with van der Waals surface area (Å²) < 4.78 is 26.6. The van der Waals surface area contributed by atoms with Crippen LogP contribution in [0.5, 0.6) is 0 Å². The van der Waals surface area contributed by atoms with Gasteiger partial charge in [0.15, 0.2) is 15.3 Å². The number of rotatable bonds is 4. The predicted molar refractivity (Wildman–Crippen MR) is 90.0 cm³/mol. The van der Waals surface area contributed by atoms with Crippen molar-refractivity contribution >= 4 is 31.7 Å². The Bertz CT molecular complexity index is 935. The van der Waals surface area contributed by atoms with Gasteiger partial charge in [-0.05, 0) is 29.8 Å². The number of hydrogen-bond donors (Lipinski definition) is 1. The molecule has 0 radical (unpaired) electrons. The van der Waals surface area contributed by atoms with E-state index in [-0.39, 0.29) is 4.90 Å². The molecule has 0 saturated heterocycles. The lowest BCUT2D eigenvalue weighted by Crippen LogP contribution is -2.22. The number of carboxylic acids is 1. The zero-order chi connectivity index (χ0) is 17.5. The third-order valence-corrected chi connectivity index (χ3v) is 7.08. The quantitative estimate of drug-likeness (QED) is 0.843. The zero-order valence-corrected chi connectivity index (χ0v) is 14.7. The maximum absolute atomic E-state index is 12.9. The SMILES string of the molecule is N#C[C@@]1(C(=O)O)[C@@H](c2ccc(Br)cc2)[C@@H]1S(=O)(=O)c1ccccc1. The molecule has 1 N–H and O–H groups in total. The molecular weight excluding hydrogens is 394 g/mol. The standard InChI is InChI=1S/C17H12BrNO4S/c18-12-8-6-11(7-9-12)14-15(17(14,10-19)16(20)21)24(22,23)13-4-2-1-3-5-13/h1-9,14-15H,(H,20,21)/t14-,15-,17+/m0/s1. The van der Waals surface area contributed by atoms with Crippen LogP contribution in [-0.4, -0.2) is 24.7 Å². The molecule has 5 nitrogen and oxygen atoms in total. The number of hydrogen-bond acceptors (Lipinski definition) is 4. The van der Waals surface area contributed by atoms with Gasteiger partial charge in [-0.1, -0.05) is 46.3 Å². The van der Waals surface area contributed by atoms with E-state index >= 15 is 0 Å². The molecule has 0 bridgehead atoms. The first-order valence-corrected chi connectivity index (χ1v) is 9.38. The molecule has 2 aromatic rings. The Morgan fingerprint density at radius 3 is 2.21 bits per heavy atom. The molecule has 1 aliphatic rings. The maximum atomic E-state index is 12.9. The van der Waals surface area contributed by atoms with Gasteiger partial charge in [0.2, 0.25) is 0 Å². The molecule has 122 valence electrons. The molecule has 1 aliphatic carbocycles. The van der Waals surface area contributed by atoms with Gasteiger partial charge in [0.05, 0.1) is 11.0 Å². The summed E-state index contributed by atoms with van der Waals surface area (Å²) in [5.41, 5.74) is -1.45. The molecule has 24 heavy (non-hydrogen) atoms. The molecule has 0 amide bonds. The van der Waals surface area contributed by atoms with Crippen LogP contribution in [0.3, 0.4) is 0 Å². The summed E-state index contributed by atoms with van der Waals surface area (Å²) in [7, 11) is -3.95. The Kier molecular flexibility index (Phi) is 3.98. The molecule has 0 unspecified atom stereocenters. The van der Waals surface area contributed by atoms with Crippen LogP contribution in [0, 0.1) is 16.7 Å². The number of nitrogens with zero attached hydrogens (tertiary/aromatic N) is 1. The highest BCUT2D eigenvalue weighted by Gasteiger charge is 2.77. The monoisotopic (exact) mass is 405 g/mol. The Morgan fingerprint density at radius 1 is 1.12 bits per heavy atom. The number of benzene rings is 2. The van der Waals surface area contributed by atoms with Gasteiger partial charge in [0.1, 0.15) is 5.25 Å². The summed E-state index contributed by atoms with van der Waals surface area (Å²) >= 11 is 3.28. The molecule has 3 rings (SSSR count). The number of carboxylic acid groups (broad SMARTS) is 1. The summed E-state index contributed by atoms with van der Waals surface area (Å²) in [5, 5.41) is 17.8. The second kappa shape index (κ2) is 5.72. The fourth-order valence-corrected chi connectivity index (χ4v) is 5.62. The van der Waals surface area contributed by atoms with Crippen molar-refractivity contribution in [2.24, 2.45) is 5.41 Å². The number of halogens is 1. The van der Waals surface area contributed by atoms with E-state index in [1.165, 1.54) is 12.1 Å². The average molecular weight is 406 g/mol. The minimum absolute atomic E-state index is 0.0236. The van der Waals surface area contributed by atoms with E-state index in [4.69, 9.17) is 0 Å². The third-order valence-electron chi connectivity index (χ3n) is 4.31. The predicted octanol–water partition coefficient (Wildman–Crippen LogP) is 2.98.